The molecule has 3 N–H and O–H groups in total. The number of hydrogen-bond donors (Lipinski definition) is 3. The first-order valence-electron chi connectivity index (χ1n) is 7.41. The van der Waals surface area contributed by atoms with Gasteiger partial charge in [0, 0.05) is 22.8 Å². The lowest BCUT2D eigenvalue weighted by molar-refractivity contribution is 0.262. The first kappa shape index (κ1) is 15.7. The summed E-state index contributed by atoms with van der Waals surface area (Å²) in [7, 11) is 0. The average molecular weight is 325 g/mol. The summed E-state index contributed by atoms with van der Waals surface area (Å²) in [6.45, 7) is 3.87. The first-order chi connectivity index (χ1) is 11.4. The zero-order valence-electron chi connectivity index (χ0n) is 13.2. The Labute approximate surface area is 137 Å². The fraction of sp³-hybridized carbons (Fsp3) is 0.111. The predicted molar refractivity (Wildman–Crippen MR) is 93.1 cm³/mol. The number of H-pyrrole nitrogens is 1. The second kappa shape index (κ2) is 6.16. The van der Waals surface area contributed by atoms with E-state index < -0.39 is 11.8 Å². The first-order valence-corrected chi connectivity index (χ1v) is 7.41. The Morgan fingerprint density at radius 2 is 1.88 bits per heavy atom. The van der Waals surface area contributed by atoms with Gasteiger partial charge in [-0.25, -0.2) is 9.18 Å². The van der Waals surface area contributed by atoms with E-state index in [2.05, 4.69) is 15.6 Å². The van der Waals surface area contributed by atoms with E-state index in [0.717, 1.165) is 11.1 Å². The van der Waals surface area contributed by atoms with Crippen molar-refractivity contribution in [3.63, 3.8) is 0 Å². The molecular formula is C18H16FN3O2. The molecule has 0 aliphatic heterocycles. The highest BCUT2D eigenvalue weighted by molar-refractivity contribution is 6.01. The molecule has 0 radical (unpaired) electrons. The van der Waals surface area contributed by atoms with Gasteiger partial charge in [0.05, 0.1) is 5.52 Å². The Bertz CT molecular complexity index is 995. The summed E-state index contributed by atoms with van der Waals surface area (Å²) in [5.41, 5.74) is 2.76. The summed E-state index contributed by atoms with van der Waals surface area (Å²) >= 11 is 0. The van der Waals surface area contributed by atoms with Gasteiger partial charge in [-0.15, -0.1) is 0 Å². The molecule has 0 aliphatic carbocycles. The molecular weight excluding hydrogens is 309 g/mol. The standard InChI is InChI=1S/C18H16FN3O2/c1-10-4-3-5-15(11(10)2)21-18(24)20-13-8-12-6-7-16(23)22-17(12)14(19)9-13/h3-9H,1-2H3,(H,22,23)(H2,20,21,24). The number of pyridine rings is 1. The Hall–Kier alpha value is -3.15. The van der Waals surface area contributed by atoms with Gasteiger partial charge in [-0.3, -0.25) is 4.79 Å². The van der Waals surface area contributed by atoms with Crippen molar-refractivity contribution in [2.24, 2.45) is 0 Å². The molecule has 0 spiro atoms. The van der Waals surface area contributed by atoms with E-state index in [4.69, 9.17) is 0 Å². The molecule has 5 nitrogen and oxygen atoms in total. The van der Waals surface area contributed by atoms with Crippen LogP contribution in [0.1, 0.15) is 11.1 Å². The SMILES string of the molecule is Cc1cccc(NC(=O)Nc2cc(F)c3[nH]c(=O)ccc3c2)c1C. The molecule has 0 saturated carbocycles. The number of anilines is 2. The van der Waals surface area contributed by atoms with E-state index in [9.17, 15) is 14.0 Å². The van der Waals surface area contributed by atoms with Gasteiger partial charge in [-0.2, -0.15) is 0 Å². The number of aryl methyl sites for hydroxylation is 1. The van der Waals surface area contributed by atoms with Crippen LogP contribution in [0.2, 0.25) is 0 Å². The summed E-state index contributed by atoms with van der Waals surface area (Å²) in [5.74, 6) is -0.604. The largest absolute Gasteiger partial charge is 0.323 e. The van der Waals surface area contributed by atoms with Crippen molar-refractivity contribution in [3.05, 3.63) is 69.8 Å². The highest BCUT2D eigenvalue weighted by Gasteiger charge is 2.09. The maximum atomic E-state index is 14.1. The molecule has 122 valence electrons. The number of nitrogens with one attached hydrogen (secondary N) is 3. The second-order valence-corrected chi connectivity index (χ2v) is 5.57. The number of urea groups is 1. The van der Waals surface area contributed by atoms with Crippen molar-refractivity contribution in [2.45, 2.75) is 13.8 Å². The Balaban J connectivity index is 1.84. The maximum Gasteiger partial charge on any atom is 0.323 e. The number of aromatic nitrogens is 1. The summed E-state index contributed by atoms with van der Waals surface area (Å²) < 4.78 is 14.1. The van der Waals surface area contributed by atoms with Crippen LogP contribution in [0.4, 0.5) is 20.6 Å². The quantitative estimate of drug-likeness (QED) is 0.668. The van der Waals surface area contributed by atoms with Crippen LogP contribution in [0.3, 0.4) is 0 Å². The molecule has 0 atom stereocenters. The molecule has 3 aromatic rings. The van der Waals surface area contributed by atoms with Crippen molar-refractivity contribution in [1.29, 1.82) is 0 Å². The number of benzene rings is 2. The lowest BCUT2D eigenvalue weighted by Gasteiger charge is -2.12. The monoisotopic (exact) mass is 325 g/mol. The molecule has 6 heteroatoms. The third kappa shape index (κ3) is 3.12. The van der Waals surface area contributed by atoms with E-state index in [1.54, 1.807) is 12.1 Å². The number of halogens is 1. The Morgan fingerprint density at radius 3 is 2.67 bits per heavy atom. The van der Waals surface area contributed by atoms with E-state index in [0.29, 0.717) is 16.8 Å². The lowest BCUT2D eigenvalue weighted by atomic mass is 10.1. The van der Waals surface area contributed by atoms with Crippen molar-refractivity contribution in [2.75, 3.05) is 10.6 Å². The molecule has 24 heavy (non-hydrogen) atoms. The number of carbonyl (C=O) groups is 1. The van der Waals surface area contributed by atoms with Gasteiger partial charge < -0.3 is 15.6 Å². The van der Waals surface area contributed by atoms with Crippen LogP contribution in [0.15, 0.2) is 47.3 Å². The molecule has 0 fully saturated rings. The molecule has 1 heterocycles. The lowest BCUT2D eigenvalue weighted by Crippen LogP contribution is -2.20. The number of aromatic amines is 1. The zero-order valence-corrected chi connectivity index (χ0v) is 13.2. The highest BCUT2D eigenvalue weighted by Crippen LogP contribution is 2.21. The van der Waals surface area contributed by atoms with Crippen molar-refractivity contribution >= 4 is 28.3 Å². The van der Waals surface area contributed by atoms with Gasteiger partial charge in [0.2, 0.25) is 5.56 Å². The van der Waals surface area contributed by atoms with Gasteiger partial charge in [0.25, 0.3) is 0 Å². The minimum absolute atomic E-state index is 0.114. The fourth-order valence-electron chi connectivity index (χ4n) is 2.46. The predicted octanol–water partition coefficient (Wildman–Crippen LogP) is 3.93. The van der Waals surface area contributed by atoms with Gasteiger partial charge in [-0.1, -0.05) is 12.1 Å². The van der Waals surface area contributed by atoms with Crippen molar-refractivity contribution in [1.82, 2.24) is 4.98 Å². The number of fused-ring (bicyclic) bond motifs is 1. The Kier molecular flexibility index (Phi) is 4.04. The number of carbonyl (C=O) groups excluding carboxylic acids is 1. The van der Waals surface area contributed by atoms with Gasteiger partial charge >= 0.3 is 6.03 Å². The second-order valence-electron chi connectivity index (χ2n) is 5.57. The van der Waals surface area contributed by atoms with Crippen LogP contribution in [0, 0.1) is 19.7 Å². The van der Waals surface area contributed by atoms with Crippen molar-refractivity contribution < 1.29 is 9.18 Å². The third-order valence-electron chi connectivity index (χ3n) is 3.89. The van der Waals surface area contributed by atoms with E-state index in [1.165, 1.54) is 18.2 Å². The molecule has 0 aliphatic rings. The summed E-state index contributed by atoms with van der Waals surface area (Å²) in [6.07, 6.45) is 0. The summed E-state index contributed by atoms with van der Waals surface area (Å²) in [6, 6.07) is 10.7. The van der Waals surface area contributed by atoms with E-state index in [1.807, 2.05) is 26.0 Å². The maximum absolute atomic E-state index is 14.1. The van der Waals surface area contributed by atoms with E-state index in [-0.39, 0.29) is 11.1 Å². The van der Waals surface area contributed by atoms with Crippen LogP contribution < -0.4 is 16.2 Å². The van der Waals surface area contributed by atoms with Gasteiger partial charge in [-0.05, 0) is 49.2 Å². The third-order valence-corrected chi connectivity index (χ3v) is 3.89. The smallest absolute Gasteiger partial charge is 0.319 e. The average Bonchev–Trinajstić information content (AvgIpc) is 2.52. The van der Waals surface area contributed by atoms with Gasteiger partial charge in [0.15, 0.2) is 0 Å². The van der Waals surface area contributed by atoms with Crippen LogP contribution in [-0.2, 0) is 0 Å². The van der Waals surface area contributed by atoms with Crippen LogP contribution >= 0.6 is 0 Å². The zero-order chi connectivity index (χ0) is 17.3. The fourth-order valence-corrected chi connectivity index (χ4v) is 2.46. The molecule has 1 aromatic heterocycles. The summed E-state index contributed by atoms with van der Waals surface area (Å²) in [5, 5.41) is 5.85. The highest BCUT2D eigenvalue weighted by atomic mass is 19.1. The topological polar surface area (TPSA) is 74.0 Å². The van der Waals surface area contributed by atoms with Crippen LogP contribution in [-0.4, -0.2) is 11.0 Å². The van der Waals surface area contributed by atoms with Crippen LogP contribution in [0.5, 0.6) is 0 Å². The number of rotatable bonds is 2. The van der Waals surface area contributed by atoms with Crippen LogP contribution in [0.25, 0.3) is 10.9 Å². The molecule has 0 unspecified atom stereocenters. The minimum Gasteiger partial charge on any atom is -0.319 e. The Morgan fingerprint density at radius 1 is 1.08 bits per heavy atom. The summed E-state index contributed by atoms with van der Waals surface area (Å²) in [4.78, 5) is 25.8. The van der Waals surface area contributed by atoms with E-state index >= 15 is 0 Å². The molecule has 0 bridgehead atoms. The molecule has 2 amide bonds. The molecule has 0 saturated heterocycles. The number of hydrogen-bond acceptors (Lipinski definition) is 2. The molecule has 3 rings (SSSR count). The minimum atomic E-state index is -0.604. The normalized spacial score (nSPS) is 10.6. The van der Waals surface area contributed by atoms with Crippen molar-refractivity contribution in [3.8, 4) is 0 Å². The van der Waals surface area contributed by atoms with Gasteiger partial charge in [0.1, 0.15) is 5.82 Å². The number of amides is 2. The molecule has 2 aromatic carbocycles.